The van der Waals surface area contributed by atoms with Crippen molar-refractivity contribution < 1.29 is 14.7 Å². The van der Waals surface area contributed by atoms with E-state index in [0.717, 1.165) is 0 Å². The second-order valence-corrected chi connectivity index (χ2v) is 3.34. The number of carbonyl (C=O) groups is 2. The van der Waals surface area contributed by atoms with Gasteiger partial charge in [-0.05, 0) is 18.6 Å². The zero-order valence-corrected chi connectivity index (χ0v) is 9.01. The van der Waals surface area contributed by atoms with Gasteiger partial charge >= 0.3 is 5.97 Å². The Bertz CT molecular complexity index is 365. The lowest BCUT2D eigenvalue weighted by molar-refractivity contribution is -0.147. The molecule has 0 fully saturated rings. The van der Waals surface area contributed by atoms with E-state index in [0.29, 0.717) is 5.69 Å². The Hall–Kier alpha value is -1.91. The van der Waals surface area contributed by atoms with Crippen LogP contribution in [0.2, 0.25) is 0 Å². The summed E-state index contributed by atoms with van der Waals surface area (Å²) in [5, 5.41) is 11.3. The van der Waals surface area contributed by atoms with Gasteiger partial charge in [0.1, 0.15) is 5.92 Å². The number of nitrogens with one attached hydrogen (secondary N) is 1. The minimum atomic E-state index is -1.10. The fraction of sp³-hybridized carbons (Fsp3) is 0.364. The van der Waals surface area contributed by atoms with E-state index in [-0.39, 0.29) is 13.0 Å². The maximum absolute atomic E-state index is 11.5. The Labute approximate surface area is 93.5 Å². The Morgan fingerprint density at radius 1 is 1.50 bits per heavy atom. The molecule has 5 nitrogen and oxygen atoms in total. The van der Waals surface area contributed by atoms with Gasteiger partial charge in [0.2, 0.25) is 5.91 Å². The molecular formula is C11H14N2O3. The standard InChI is InChI=1S/C11H14N2O3/c1-2-9(11(15)16)10(14)13-7-8-5-3-4-6-12-8/h3-6,9H,2,7H2,1H3,(H,13,14)(H,15,16). The summed E-state index contributed by atoms with van der Waals surface area (Å²) >= 11 is 0. The van der Waals surface area contributed by atoms with Gasteiger partial charge in [0.05, 0.1) is 12.2 Å². The monoisotopic (exact) mass is 222 g/mol. The number of carboxylic acids is 1. The zero-order valence-electron chi connectivity index (χ0n) is 9.01. The smallest absolute Gasteiger partial charge is 0.316 e. The van der Waals surface area contributed by atoms with Crippen molar-refractivity contribution >= 4 is 11.9 Å². The van der Waals surface area contributed by atoms with Crippen LogP contribution < -0.4 is 5.32 Å². The number of pyridine rings is 1. The van der Waals surface area contributed by atoms with Crippen LogP contribution in [-0.2, 0) is 16.1 Å². The molecule has 5 heteroatoms. The van der Waals surface area contributed by atoms with Crippen LogP contribution in [0.25, 0.3) is 0 Å². The van der Waals surface area contributed by atoms with E-state index < -0.39 is 17.8 Å². The van der Waals surface area contributed by atoms with E-state index in [9.17, 15) is 9.59 Å². The first-order chi connectivity index (χ1) is 7.65. The molecule has 0 aliphatic heterocycles. The Morgan fingerprint density at radius 2 is 2.25 bits per heavy atom. The third-order valence-corrected chi connectivity index (χ3v) is 2.19. The molecule has 86 valence electrons. The maximum Gasteiger partial charge on any atom is 0.316 e. The van der Waals surface area contributed by atoms with Gasteiger partial charge in [-0.15, -0.1) is 0 Å². The van der Waals surface area contributed by atoms with Crippen LogP contribution in [0, 0.1) is 5.92 Å². The van der Waals surface area contributed by atoms with Crippen molar-refractivity contribution in [3.63, 3.8) is 0 Å². The Balaban J connectivity index is 2.49. The molecule has 1 aromatic rings. The largest absolute Gasteiger partial charge is 0.481 e. The topological polar surface area (TPSA) is 79.3 Å². The van der Waals surface area contributed by atoms with Crippen molar-refractivity contribution in [1.29, 1.82) is 0 Å². The van der Waals surface area contributed by atoms with Crippen LogP contribution in [0.3, 0.4) is 0 Å². The van der Waals surface area contributed by atoms with Gasteiger partial charge < -0.3 is 10.4 Å². The van der Waals surface area contributed by atoms with Gasteiger partial charge in [0.25, 0.3) is 0 Å². The molecule has 1 rings (SSSR count). The predicted molar refractivity (Wildman–Crippen MR) is 57.5 cm³/mol. The summed E-state index contributed by atoms with van der Waals surface area (Å²) in [6, 6.07) is 5.35. The number of carboxylic acid groups (broad SMARTS) is 1. The van der Waals surface area contributed by atoms with Crippen molar-refractivity contribution in [2.24, 2.45) is 5.92 Å². The number of aromatic nitrogens is 1. The van der Waals surface area contributed by atoms with Crippen LogP contribution in [0.4, 0.5) is 0 Å². The molecule has 0 radical (unpaired) electrons. The van der Waals surface area contributed by atoms with Gasteiger partial charge in [0, 0.05) is 6.20 Å². The number of hydrogen-bond donors (Lipinski definition) is 2. The quantitative estimate of drug-likeness (QED) is 0.722. The second-order valence-electron chi connectivity index (χ2n) is 3.34. The number of rotatable bonds is 5. The third-order valence-electron chi connectivity index (χ3n) is 2.19. The third kappa shape index (κ3) is 3.34. The molecule has 0 aliphatic carbocycles. The molecule has 1 heterocycles. The highest BCUT2D eigenvalue weighted by atomic mass is 16.4. The molecule has 0 saturated heterocycles. The van der Waals surface area contributed by atoms with Gasteiger partial charge in [-0.25, -0.2) is 0 Å². The molecule has 1 amide bonds. The molecule has 1 aromatic heterocycles. The van der Waals surface area contributed by atoms with Crippen molar-refractivity contribution in [2.75, 3.05) is 0 Å². The summed E-state index contributed by atoms with van der Waals surface area (Å²) in [4.78, 5) is 26.2. The second kappa shape index (κ2) is 5.85. The first-order valence-corrected chi connectivity index (χ1v) is 5.05. The highest BCUT2D eigenvalue weighted by molar-refractivity contribution is 5.96. The normalized spacial score (nSPS) is 11.8. The number of amides is 1. The molecule has 0 spiro atoms. The highest BCUT2D eigenvalue weighted by Gasteiger charge is 2.23. The molecule has 16 heavy (non-hydrogen) atoms. The Kier molecular flexibility index (Phi) is 4.44. The number of nitrogens with zero attached hydrogens (tertiary/aromatic N) is 1. The van der Waals surface area contributed by atoms with Crippen LogP contribution in [0.5, 0.6) is 0 Å². The summed E-state index contributed by atoms with van der Waals surface area (Å²) in [5.41, 5.74) is 0.705. The van der Waals surface area contributed by atoms with E-state index >= 15 is 0 Å². The molecule has 0 saturated carbocycles. The summed E-state index contributed by atoms with van der Waals surface area (Å²) in [5.74, 6) is -2.55. The van der Waals surface area contributed by atoms with Crippen LogP contribution in [0.15, 0.2) is 24.4 Å². The first-order valence-electron chi connectivity index (χ1n) is 5.05. The van der Waals surface area contributed by atoms with Crippen molar-refractivity contribution in [1.82, 2.24) is 10.3 Å². The fourth-order valence-corrected chi connectivity index (χ4v) is 1.28. The number of hydrogen-bond acceptors (Lipinski definition) is 3. The number of carbonyl (C=O) groups excluding carboxylic acids is 1. The summed E-state index contributed by atoms with van der Waals surface area (Å²) in [7, 11) is 0. The maximum atomic E-state index is 11.5. The minimum Gasteiger partial charge on any atom is -0.481 e. The highest BCUT2D eigenvalue weighted by Crippen LogP contribution is 2.03. The van der Waals surface area contributed by atoms with Crippen LogP contribution >= 0.6 is 0 Å². The molecule has 1 atom stereocenters. The summed E-state index contributed by atoms with van der Waals surface area (Å²) in [6.45, 7) is 1.92. The average molecular weight is 222 g/mol. The van der Waals surface area contributed by atoms with Gasteiger partial charge in [-0.2, -0.15) is 0 Å². The van der Waals surface area contributed by atoms with E-state index in [1.165, 1.54) is 0 Å². The van der Waals surface area contributed by atoms with E-state index in [4.69, 9.17) is 5.11 Å². The number of aliphatic carboxylic acids is 1. The Morgan fingerprint density at radius 3 is 2.75 bits per heavy atom. The van der Waals surface area contributed by atoms with Gasteiger partial charge in [0.15, 0.2) is 0 Å². The van der Waals surface area contributed by atoms with Gasteiger partial charge in [-0.1, -0.05) is 13.0 Å². The summed E-state index contributed by atoms with van der Waals surface area (Å²) < 4.78 is 0. The lowest BCUT2D eigenvalue weighted by atomic mass is 10.1. The molecule has 0 aromatic carbocycles. The van der Waals surface area contributed by atoms with Crippen LogP contribution in [-0.4, -0.2) is 22.0 Å². The van der Waals surface area contributed by atoms with Crippen molar-refractivity contribution in [3.05, 3.63) is 30.1 Å². The lowest BCUT2D eigenvalue weighted by Crippen LogP contribution is -2.34. The average Bonchev–Trinajstić information content (AvgIpc) is 2.28. The molecular weight excluding hydrogens is 208 g/mol. The van der Waals surface area contributed by atoms with Crippen molar-refractivity contribution in [3.8, 4) is 0 Å². The molecule has 1 unspecified atom stereocenters. The van der Waals surface area contributed by atoms with E-state index in [1.807, 2.05) is 6.07 Å². The molecule has 2 N–H and O–H groups in total. The zero-order chi connectivity index (χ0) is 12.0. The van der Waals surface area contributed by atoms with E-state index in [1.54, 1.807) is 25.3 Å². The minimum absolute atomic E-state index is 0.253. The molecule has 0 aliphatic rings. The fourth-order valence-electron chi connectivity index (χ4n) is 1.28. The first kappa shape index (κ1) is 12.2. The van der Waals surface area contributed by atoms with Crippen molar-refractivity contribution in [2.45, 2.75) is 19.9 Å². The lowest BCUT2D eigenvalue weighted by Gasteiger charge is -2.10. The predicted octanol–water partition coefficient (Wildman–Crippen LogP) is 0.809. The molecule has 0 bridgehead atoms. The summed E-state index contributed by atoms with van der Waals surface area (Å²) in [6.07, 6.45) is 1.90. The SMILES string of the molecule is CCC(C(=O)O)C(=O)NCc1ccccn1. The van der Waals surface area contributed by atoms with Crippen LogP contribution in [0.1, 0.15) is 19.0 Å². The van der Waals surface area contributed by atoms with Gasteiger partial charge in [-0.3, -0.25) is 14.6 Å². The van der Waals surface area contributed by atoms with E-state index in [2.05, 4.69) is 10.3 Å².